The van der Waals surface area contributed by atoms with Crippen LogP contribution in [0.2, 0.25) is 0 Å². The topological polar surface area (TPSA) is 87.4 Å². The van der Waals surface area contributed by atoms with Crippen LogP contribution in [-0.2, 0) is 0 Å². The van der Waals surface area contributed by atoms with Crippen molar-refractivity contribution in [1.82, 2.24) is 20.0 Å². The number of carbonyl (C=O) groups is 1. The van der Waals surface area contributed by atoms with Crippen LogP contribution in [0.4, 0.5) is 21.7 Å². The molecular weight excluding hydrogens is 375 g/mol. The van der Waals surface area contributed by atoms with Gasteiger partial charge in [-0.15, -0.1) is 0 Å². The zero-order valence-electron chi connectivity index (χ0n) is 16.2. The van der Waals surface area contributed by atoms with Gasteiger partial charge in [0, 0.05) is 44.0 Å². The van der Waals surface area contributed by atoms with E-state index >= 15 is 0 Å². The summed E-state index contributed by atoms with van der Waals surface area (Å²) in [5, 5.41) is 6.91. The van der Waals surface area contributed by atoms with Gasteiger partial charge in [0.25, 0.3) is 5.91 Å². The standard InChI is InChI=1S/C20H21FN6O2/c1-13-11-19(25-29-13)24-18-12-17(22-14(2)23-18)20(28)27-9-7-26(8-10-27)16-5-3-15(21)4-6-16/h3-6,11-12H,7-10H2,1-2H3,(H,22,23,24,25). The minimum Gasteiger partial charge on any atom is -0.368 e. The third kappa shape index (κ3) is 4.34. The first-order valence-electron chi connectivity index (χ1n) is 9.34. The van der Waals surface area contributed by atoms with E-state index in [9.17, 15) is 9.18 Å². The van der Waals surface area contributed by atoms with E-state index in [0.29, 0.717) is 55.1 Å². The molecule has 0 unspecified atom stereocenters. The molecule has 3 heterocycles. The number of nitrogens with one attached hydrogen (secondary N) is 1. The molecule has 1 amide bonds. The Kier molecular flexibility index (Phi) is 5.11. The third-order valence-corrected chi connectivity index (χ3v) is 4.70. The zero-order chi connectivity index (χ0) is 20.4. The molecule has 0 atom stereocenters. The van der Waals surface area contributed by atoms with Crippen molar-refractivity contribution in [3.05, 3.63) is 59.5 Å². The summed E-state index contributed by atoms with van der Waals surface area (Å²) in [7, 11) is 0. The van der Waals surface area contributed by atoms with E-state index in [2.05, 4.69) is 25.3 Å². The number of amides is 1. The first-order chi connectivity index (χ1) is 14.0. The fraction of sp³-hybridized carbons (Fsp3) is 0.300. The smallest absolute Gasteiger partial charge is 0.272 e. The Morgan fingerprint density at radius 1 is 1.03 bits per heavy atom. The molecule has 29 heavy (non-hydrogen) atoms. The molecule has 0 radical (unpaired) electrons. The summed E-state index contributed by atoms with van der Waals surface area (Å²) in [6, 6.07) is 9.76. The van der Waals surface area contributed by atoms with Crippen molar-refractivity contribution in [2.75, 3.05) is 36.4 Å². The highest BCUT2D eigenvalue weighted by atomic mass is 19.1. The van der Waals surface area contributed by atoms with Gasteiger partial charge in [-0.3, -0.25) is 4.79 Å². The van der Waals surface area contributed by atoms with Crippen molar-refractivity contribution in [1.29, 1.82) is 0 Å². The number of aromatic nitrogens is 3. The van der Waals surface area contributed by atoms with E-state index in [4.69, 9.17) is 4.52 Å². The molecule has 3 aromatic rings. The number of rotatable bonds is 4. The van der Waals surface area contributed by atoms with Crippen LogP contribution in [0.3, 0.4) is 0 Å². The van der Waals surface area contributed by atoms with Gasteiger partial charge in [-0.05, 0) is 38.1 Å². The molecule has 4 rings (SSSR count). The molecule has 0 bridgehead atoms. The summed E-state index contributed by atoms with van der Waals surface area (Å²) in [5.74, 6) is 1.77. The minimum atomic E-state index is -0.258. The van der Waals surface area contributed by atoms with E-state index in [-0.39, 0.29) is 11.7 Å². The number of nitrogens with zero attached hydrogens (tertiary/aromatic N) is 5. The second-order valence-electron chi connectivity index (χ2n) is 6.89. The lowest BCUT2D eigenvalue weighted by molar-refractivity contribution is 0.0740. The van der Waals surface area contributed by atoms with Crippen molar-refractivity contribution in [2.45, 2.75) is 13.8 Å². The molecule has 1 aromatic carbocycles. The molecule has 0 aliphatic carbocycles. The van der Waals surface area contributed by atoms with Crippen LogP contribution in [0.25, 0.3) is 0 Å². The molecule has 1 aliphatic rings. The van der Waals surface area contributed by atoms with Crippen LogP contribution in [0.1, 0.15) is 22.1 Å². The minimum absolute atomic E-state index is 0.145. The fourth-order valence-electron chi connectivity index (χ4n) is 3.28. The summed E-state index contributed by atoms with van der Waals surface area (Å²) in [6.07, 6.45) is 0. The lowest BCUT2D eigenvalue weighted by atomic mass is 10.2. The van der Waals surface area contributed by atoms with Gasteiger partial charge in [0.05, 0.1) is 0 Å². The van der Waals surface area contributed by atoms with Crippen LogP contribution < -0.4 is 10.2 Å². The molecular formula is C20H21FN6O2. The first kappa shape index (κ1) is 18.9. The van der Waals surface area contributed by atoms with Crippen molar-refractivity contribution in [2.24, 2.45) is 0 Å². The molecule has 150 valence electrons. The van der Waals surface area contributed by atoms with E-state index in [0.717, 1.165) is 5.69 Å². The average Bonchev–Trinajstić information content (AvgIpc) is 3.12. The van der Waals surface area contributed by atoms with Gasteiger partial charge in [0.15, 0.2) is 5.82 Å². The van der Waals surface area contributed by atoms with E-state index in [1.54, 1.807) is 43.0 Å². The summed E-state index contributed by atoms with van der Waals surface area (Å²) >= 11 is 0. The van der Waals surface area contributed by atoms with Gasteiger partial charge < -0.3 is 19.6 Å². The number of piperazine rings is 1. The zero-order valence-corrected chi connectivity index (χ0v) is 16.2. The number of hydrogen-bond acceptors (Lipinski definition) is 7. The Labute approximate surface area is 167 Å². The number of halogens is 1. The van der Waals surface area contributed by atoms with E-state index in [1.807, 2.05) is 0 Å². The first-order valence-corrected chi connectivity index (χ1v) is 9.34. The monoisotopic (exact) mass is 396 g/mol. The molecule has 9 heteroatoms. The average molecular weight is 396 g/mol. The number of hydrogen-bond donors (Lipinski definition) is 1. The Bertz CT molecular complexity index is 1010. The van der Waals surface area contributed by atoms with Crippen LogP contribution in [0.5, 0.6) is 0 Å². The Morgan fingerprint density at radius 2 is 1.76 bits per heavy atom. The predicted octanol–water partition coefficient (Wildman–Crippen LogP) is 2.93. The second kappa shape index (κ2) is 7.86. The van der Waals surface area contributed by atoms with Crippen LogP contribution in [0.15, 0.2) is 40.9 Å². The molecule has 1 N–H and O–H groups in total. The van der Waals surface area contributed by atoms with Crippen LogP contribution in [-0.4, -0.2) is 52.1 Å². The maximum Gasteiger partial charge on any atom is 0.272 e. The lowest BCUT2D eigenvalue weighted by Gasteiger charge is -2.36. The number of aryl methyl sites for hydroxylation is 2. The van der Waals surface area contributed by atoms with Crippen molar-refractivity contribution in [3.63, 3.8) is 0 Å². The molecule has 1 saturated heterocycles. The van der Waals surface area contributed by atoms with Gasteiger partial charge >= 0.3 is 0 Å². The Hall–Kier alpha value is -3.49. The quantitative estimate of drug-likeness (QED) is 0.725. The predicted molar refractivity (Wildman–Crippen MR) is 106 cm³/mol. The van der Waals surface area contributed by atoms with E-state index < -0.39 is 0 Å². The highest BCUT2D eigenvalue weighted by molar-refractivity contribution is 5.93. The molecule has 8 nitrogen and oxygen atoms in total. The van der Waals surface area contributed by atoms with Crippen LogP contribution in [0, 0.1) is 19.7 Å². The maximum atomic E-state index is 13.1. The Balaban J connectivity index is 1.43. The SMILES string of the molecule is Cc1nc(Nc2cc(C)on2)cc(C(=O)N2CCN(c3ccc(F)cc3)CC2)n1. The highest BCUT2D eigenvalue weighted by Crippen LogP contribution is 2.19. The van der Waals surface area contributed by atoms with Gasteiger partial charge in [-0.25, -0.2) is 14.4 Å². The van der Waals surface area contributed by atoms with Gasteiger partial charge in [-0.2, -0.15) is 0 Å². The second-order valence-corrected chi connectivity index (χ2v) is 6.89. The van der Waals surface area contributed by atoms with Crippen molar-refractivity contribution >= 4 is 23.2 Å². The summed E-state index contributed by atoms with van der Waals surface area (Å²) in [6.45, 7) is 6.00. The highest BCUT2D eigenvalue weighted by Gasteiger charge is 2.24. The third-order valence-electron chi connectivity index (χ3n) is 4.70. The number of carbonyl (C=O) groups excluding carboxylic acids is 1. The molecule has 0 spiro atoms. The largest absolute Gasteiger partial charge is 0.368 e. The molecule has 1 aliphatic heterocycles. The summed E-state index contributed by atoms with van der Waals surface area (Å²) < 4.78 is 18.2. The summed E-state index contributed by atoms with van der Waals surface area (Å²) in [4.78, 5) is 25.5. The lowest BCUT2D eigenvalue weighted by Crippen LogP contribution is -2.49. The normalized spacial score (nSPS) is 14.2. The number of benzene rings is 1. The number of anilines is 3. The van der Waals surface area contributed by atoms with Crippen LogP contribution >= 0.6 is 0 Å². The fourth-order valence-corrected chi connectivity index (χ4v) is 3.28. The van der Waals surface area contributed by atoms with Crippen molar-refractivity contribution in [3.8, 4) is 0 Å². The van der Waals surface area contributed by atoms with Gasteiger partial charge in [0.2, 0.25) is 0 Å². The van der Waals surface area contributed by atoms with Gasteiger partial charge in [0.1, 0.15) is 28.9 Å². The summed E-state index contributed by atoms with van der Waals surface area (Å²) in [5.41, 5.74) is 1.28. The Morgan fingerprint density at radius 3 is 2.41 bits per heavy atom. The molecule has 1 fully saturated rings. The van der Waals surface area contributed by atoms with Crippen molar-refractivity contribution < 1.29 is 13.7 Å². The molecule has 0 saturated carbocycles. The van der Waals surface area contributed by atoms with E-state index in [1.165, 1.54) is 12.1 Å². The molecule has 2 aromatic heterocycles. The maximum absolute atomic E-state index is 13.1. The van der Waals surface area contributed by atoms with Gasteiger partial charge in [-0.1, -0.05) is 5.16 Å².